The zero-order valence-electron chi connectivity index (χ0n) is 17.2. The number of methoxy groups -OCH3 is 2. The van der Waals surface area contributed by atoms with Crippen LogP contribution in [0, 0.1) is 13.8 Å². The monoisotopic (exact) mass is 395 g/mol. The molecule has 29 heavy (non-hydrogen) atoms. The third-order valence-electron chi connectivity index (χ3n) is 4.90. The molecule has 1 aliphatic rings. The molecule has 0 bridgehead atoms. The van der Waals surface area contributed by atoms with Crippen LogP contribution in [0.25, 0.3) is 0 Å². The number of allylic oxidation sites excluding steroid dienone is 1. The average molecular weight is 395 g/mol. The highest BCUT2D eigenvalue weighted by Gasteiger charge is 2.33. The number of aryl methyl sites for hydroxylation is 2. The zero-order valence-corrected chi connectivity index (χ0v) is 17.2. The summed E-state index contributed by atoms with van der Waals surface area (Å²) < 4.78 is 10.8. The van der Waals surface area contributed by atoms with Gasteiger partial charge in [0.15, 0.2) is 0 Å². The van der Waals surface area contributed by atoms with Crippen LogP contribution in [0.15, 0.2) is 47.7 Å². The Balaban J connectivity index is 2.05. The smallest absolute Gasteiger partial charge is 0.319 e. The van der Waals surface area contributed by atoms with Crippen molar-refractivity contribution in [2.45, 2.75) is 26.8 Å². The van der Waals surface area contributed by atoms with E-state index in [9.17, 15) is 9.59 Å². The first-order valence-electron chi connectivity index (χ1n) is 9.23. The number of benzene rings is 2. The number of ether oxygens (including phenoxy) is 2. The number of hydrogen-bond donors (Lipinski definition) is 3. The van der Waals surface area contributed by atoms with Gasteiger partial charge in [-0.1, -0.05) is 12.1 Å². The molecule has 1 aliphatic heterocycles. The maximum absolute atomic E-state index is 13.3. The second-order valence-corrected chi connectivity index (χ2v) is 6.95. The summed E-state index contributed by atoms with van der Waals surface area (Å²) >= 11 is 0. The van der Waals surface area contributed by atoms with Crippen LogP contribution < -0.4 is 25.4 Å². The van der Waals surface area contributed by atoms with Gasteiger partial charge in [-0.25, -0.2) is 4.79 Å². The lowest BCUT2D eigenvalue weighted by molar-refractivity contribution is -0.113. The molecule has 152 valence electrons. The Labute approximate surface area is 170 Å². The minimum atomic E-state index is -0.695. The van der Waals surface area contributed by atoms with Crippen molar-refractivity contribution in [3.63, 3.8) is 0 Å². The van der Waals surface area contributed by atoms with Gasteiger partial charge in [-0.2, -0.15) is 0 Å². The Morgan fingerprint density at radius 2 is 1.79 bits per heavy atom. The van der Waals surface area contributed by atoms with Crippen LogP contribution >= 0.6 is 0 Å². The molecule has 3 amide bonds. The lowest BCUT2D eigenvalue weighted by Crippen LogP contribution is -2.46. The molecule has 7 nitrogen and oxygen atoms in total. The summed E-state index contributed by atoms with van der Waals surface area (Å²) in [7, 11) is 3.10. The quantitative estimate of drug-likeness (QED) is 0.722. The average Bonchev–Trinajstić information content (AvgIpc) is 2.69. The maximum Gasteiger partial charge on any atom is 0.319 e. The van der Waals surface area contributed by atoms with Crippen LogP contribution in [-0.4, -0.2) is 26.2 Å². The molecular formula is C22H25N3O4. The highest BCUT2D eigenvalue weighted by Crippen LogP contribution is 2.36. The Morgan fingerprint density at radius 1 is 1.03 bits per heavy atom. The Kier molecular flexibility index (Phi) is 5.77. The van der Waals surface area contributed by atoms with E-state index in [0.717, 1.165) is 16.8 Å². The molecule has 0 unspecified atom stereocenters. The van der Waals surface area contributed by atoms with Crippen molar-refractivity contribution in [3.8, 4) is 11.5 Å². The molecular weight excluding hydrogens is 370 g/mol. The molecule has 2 aromatic carbocycles. The number of carbonyl (C=O) groups excluding carboxylic acids is 2. The minimum absolute atomic E-state index is 0.307. The first-order chi connectivity index (χ1) is 13.8. The van der Waals surface area contributed by atoms with Crippen molar-refractivity contribution in [1.29, 1.82) is 0 Å². The molecule has 0 saturated carbocycles. The van der Waals surface area contributed by atoms with E-state index in [2.05, 4.69) is 16.0 Å². The highest BCUT2D eigenvalue weighted by atomic mass is 16.5. The van der Waals surface area contributed by atoms with Crippen LogP contribution in [0.5, 0.6) is 11.5 Å². The summed E-state index contributed by atoms with van der Waals surface area (Å²) in [6.07, 6.45) is 0. The van der Waals surface area contributed by atoms with Gasteiger partial charge in [-0.3, -0.25) is 4.79 Å². The summed E-state index contributed by atoms with van der Waals surface area (Å²) in [5.41, 5.74) is 4.22. The van der Waals surface area contributed by atoms with Crippen molar-refractivity contribution < 1.29 is 19.1 Å². The largest absolute Gasteiger partial charge is 0.497 e. The van der Waals surface area contributed by atoms with Gasteiger partial charge in [0, 0.05) is 16.9 Å². The lowest BCUT2D eigenvalue weighted by Gasteiger charge is -2.30. The van der Waals surface area contributed by atoms with Gasteiger partial charge >= 0.3 is 6.03 Å². The molecule has 3 N–H and O–H groups in total. The fraction of sp³-hybridized carbons (Fsp3) is 0.273. The van der Waals surface area contributed by atoms with Crippen molar-refractivity contribution in [2.24, 2.45) is 0 Å². The van der Waals surface area contributed by atoms with Gasteiger partial charge in [0.2, 0.25) is 0 Å². The number of carbonyl (C=O) groups is 2. The van der Waals surface area contributed by atoms with Crippen molar-refractivity contribution in [3.05, 3.63) is 64.4 Å². The van der Waals surface area contributed by atoms with Crippen LogP contribution in [0.4, 0.5) is 10.5 Å². The van der Waals surface area contributed by atoms with E-state index >= 15 is 0 Å². The second kappa shape index (κ2) is 8.26. The number of urea groups is 1. The summed E-state index contributed by atoms with van der Waals surface area (Å²) in [5.74, 6) is 0.835. The molecule has 1 atom stereocenters. The van der Waals surface area contributed by atoms with E-state index in [1.54, 1.807) is 39.3 Å². The van der Waals surface area contributed by atoms with E-state index in [0.29, 0.717) is 28.3 Å². The molecule has 0 saturated heterocycles. The first-order valence-corrected chi connectivity index (χ1v) is 9.23. The first kappa shape index (κ1) is 20.3. The number of amides is 3. The SMILES string of the molecule is COc1ccc(OC)c([C@@H]2NC(=O)NC(C)=C2C(=O)Nc2cc(C)ccc2C)c1. The Hall–Kier alpha value is -3.48. The van der Waals surface area contributed by atoms with Crippen LogP contribution in [0.1, 0.15) is 29.7 Å². The molecule has 0 aromatic heterocycles. The number of nitrogens with one attached hydrogen (secondary N) is 3. The van der Waals surface area contributed by atoms with Crippen LogP contribution in [-0.2, 0) is 4.79 Å². The van der Waals surface area contributed by atoms with E-state index in [1.165, 1.54) is 0 Å². The van der Waals surface area contributed by atoms with Gasteiger partial charge in [-0.05, 0) is 56.2 Å². The Morgan fingerprint density at radius 3 is 2.48 bits per heavy atom. The normalized spacial score (nSPS) is 16.0. The van der Waals surface area contributed by atoms with E-state index < -0.39 is 6.04 Å². The van der Waals surface area contributed by atoms with Gasteiger partial charge in [0.25, 0.3) is 5.91 Å². The molecule has 0 aliphatic carbocycles. The minimum Gasteiger partial charge on any atom is -0.497 e. The number of hydrogen-bond acceptors (Lipinski definition) is 4. The van der Waals surface area contributed by atoms with Crippen molar-refractivity contribution in [2.75, 3.05) is 19.5 Å². The molecule has 0 spiro atoms. The maximum atomic E-state index is 13.3. The summed E-state index contributed by atoms with van der Waals surface area (Å²) in [5, 5.41) is 8.48. The van der Waals surface area contributed by atoms with E-state index in [4.69, 9.17) is 9.47 Å². The van der Waals surface area contributed by atoms with Crippen molar-refractivity contribution >= 4 is 17.6 Å². The van der Waals surface area contributed by atoms with E-state index in [-0.39, 0.29) is 11.9 Å². The fourth-order valence-electron chi connectivity index (χ4n) is 3.35. The predicted octanol–water partition coefficient (Wildman–Crippen LogP) is 3.59. The summed E-state index contributed by atoms with van der Waals surface area (Å²) in [6, 6.07) is 10.0. The lowest BCUT2D eigenvalue weighted by atomic mass is 9.93. The predicted molar refractivity (Wildman–Crippen MR) is 111 cm³/mol. The topological polar surface area (TPSA) is 88.7 Å². The van der Waals surface area contributed by atoms with Crippen LogP contribution in [0.2, 0.25) is 0 Å². The van der Waals surface area contributed by atoms with Crippen LogP contribution in [0.3, 0.4) is 0 Å². The molecule has 1 heterocycles. The molecule has 2 aromatic rings. The number of rotatable bonds is 5. The standard InChI is InChI=1S/C22H25N3O4/c1-12-6-7-13(2)17(10-12)24-21(26)19-14(3)23-22(27)25-20(19)16-11-15(28-4)8-9-18(16)29-5/h6-11,20H,1-5H3,(H,24,26)(H2,23,25,27)/t20-/m0/s1. The number of anilines is 1. The fourth-order valence-corrected chi connectivity index (χ4v) is 3.35. The Bertz CT molecular complexity index is 998. The van der Waals surface area contributed by atoms with Gasteiger partial charge in [0.1, 0.15) is 11.5 Å². The van der Waals surface area contributed by atoms with Gasteiger partial charge < -0.3 is 25.4 Å². The second-order valence-electron chi connectivity index (χ2n) is 6.95. The molecule has 3 rings (SSSR count). The highest BCUT2D eigenvalue weighted by molar-refractivity contribution is 6.07. The molecule has 0 radical (unpaired) electrons. The third kappa shape index (κ3) is 4.18. The third-order valence-corrected chi connectivity index (χ3v) is 4.90. The van der Waals surface area contributed by atoms with Gasteiger partial charge in [-0.15, -0.1) is 0 Å². The van der Waals surface area contributed by atoms with Gasteiger partial charge in [0.05, 0.1) is 25.8 Å². The molecule has 0 fully saturated rings. The van der Waals surface area contributed by atoms with E-state index in [1.807, 2.05) is 32.0 Å². The van der Waals surface area contributed by atoms with Crippen molar-refractivity contribution in [1.82, 2.24) is 10.6 Å². The summed E-state index contributed by atoms with van der Waals surface area (Å²) in [6.45, 7) is 5.60. The zero-order chi connectivity index (χ0) is 21.1. The summed E-state index contributed by atoms with van der Waals surface area (Å²) in [4.78, 5) is 25.4. The molecule has 7 heteroatoms.